The first kappa shape index (κ1) is 12.0. The standard InChI is InChI=1S/C15H17N3O/c1-4-11-8-18(9-16-11)14-6-5-12(10(2)3)13-7-17-19-15(13)14/h5-10H,4H2,1-3H3. The summed E-state index contributed by atoms with van der Waals surface area (Å²) in [6.07, 6.45) is 6.58. The highest BCUT2D eigenvalue weighted by Gasteiger charge is 2.14. The molecule has 0 saturated heterocycles. The minimum absolute atomic E-state index is 0.449. The van der Waals surface area contributed by atoms with E-state index in [9.17, 15) is 0 Å². The molecule has 3 aromatic rings. The van der Waals surface area contributed by atoms with Crippen LogP contribution in [0.5, 0.6) is 0 Å². The van der Waals surface area contributed by atoms with Crippen molar-refractivity contribution < 1.29 is 4.52 Å². The predicted molar refractivity (Wildman–Crippen MR) is 74.6 cm³/mol. The molecule has 0 aliphatic rings. The normalized spacial score (nSPS) is 11.6. The Morgan fingerprint density at radius 3 is 2.84 bits per heavy atom. The van der Waals surface area contributed by atoms with E-state index in [1.165, 1.54) is 5.56 Å². The molecular formula is C15H17N3O. The van der Waals surface area contributed by atoms with Gasteiger partial charge in [0.2, 0.25) is 0 Å². The van der Waals surface area contributed by atoms with E-state index >= 15 is 0 Å². The van der Waals surface area contributed by atoms with Gasteiger partial charge in [-0.25, -0.2) is 4.98 Å². The average Bonchev–Trinajstić information content (AvgIpc) is 3.06. The van der Waals surface area contributed by atoms with Crippen molar-refractivity contribution >= 4 is 11.0 Å². The molecule has 0 saturated carbocycles. The summed E-state index contributed by atoms with van der Waals surface area (Å²) in [6.45, 7) is 6.44. The Bertz CT molecular complexity index is 709. The molecule has 0 atom stereocenters. The van der Waals surface area contributed by atoms with Gasteiger partial charge in [0, 0.05) is 11.6 Å². The van der Waals surface area contributed by atoms with Crippen LogP contribution < -0.4 is 0 Å². The Balaban J connectivity index is 2.20. The molecule has 0 aliphatic carbocycles. The number of hydrogen-bond donors (Lipinski definition) is 0. The van der Waals surface area contributed by atoms with Crippen LogP contribution in [-0.4, -0.2) is 14.7 Å². The van der Waals surface area contributed by atoms with E-state index in [2.05, 4.69) is 43.0 Å². The predicted octanol–water partition coefficient (Wildman–Crippen LogP) is 3.70. The van der Waals surface area contributed by atoms with E-state index in [-0.39, 0.29) is 0 Å². The Kier molecular flexibility index (Phi) is 2.85. The van der Waals surface area contributed by atoms with Crippen molar-refractivity contribution in [1.82, 2.24) is 14.7 Å². The molecule has 2 aromatic heterocycles. The molecule has 1 aromatic carbocycles. The van der Waals surface area contributed by atoms with E-state index < -0.39 is 0 Å². The Morgan fingerprint density at radius 2 is 2.16 bits per heavy atom. The largest absolute Gasteiger partial charge is 0.354 e. The summed E-state index contributed by atoms with van der Waals surface area (Å²) < 4.78 is 7.44. The number of aromatic nitrogens is 3. The molecule has 19 heavy (non-hydrogen) atoms. The molecule has 2 heterocycles. The Labute approximate surface area is 112 Å². The molecule has 0 bridgehead atoms. The van der Waals surface area contributed by atoms with Gasteiger partial charge in [-0.05, 0) is 24.0 Å². The van der Waals surface area contributed by atoms with Gasteiger partial charge in [0.25, 0.3) is 0 Å². The van der Waals surface area contributed by atoms with Crippen LogP contribution in [0, 0.1) is 0 Å². The first-order chi connectivity index (χ1) is 9.20. The van der Waals surface area contributed by atoms with Crippen molar-refractivity contribution in [2.45, 2.75) is 33.1 Å². The van der Waals surface area contributed by atoms with Gasteiger partial charge in [-0.2, -0.15) is 0 Å². The quantitative estimate of drug-likeness (QED) is 0.716. The molecule has 98 valence electrons. The van der Waals surface area contributed by atoms with Crippen molar-refractivity contribution in [3.05, 3.63) is 42.1 Å². The van der Waals surface area contributed by atoms with Crippen LogP contribution in [0.1, 0.15) is 37.9 Å². The van der Waals surface area contributed by atoms with Crippen LogP contribution in [-0.2, 0) is 6.42 Å². The smallest absolute Gasteiger partial charge is 0.191 e. The van der Waals surface area contributed by atoms with Crippen LogP contribution in [0.3, 0.4) is 0 Å². The lowest BCUT2D eigenvalue weighted by atomic mass is 9.99. The fourth-order valence-electron chi connectivity index (χ4n) is 2.35. The van der Waals surface area contributed by atoms with E-state index in [0.29, 0.717) is 5.92 Å². The summed E-state index contributed by atoms with van der Waals surface area (Å²) in [5.74, 6) is 0.449. The second-order valence-electron chi connectivity index (χ2n) is 5.02. The third-order valence-corrected chi connectivity index (χ3v) is 3.43. The molecule has 0 unspecified atom stereocenters. The minimum Gasteiger partial charge on any atom is -0.354 e. The Hall–Kier alpha value is -2.10. The highest BCUT2D eigenvalue weighted by atomic mass is 16.5. The summed E-state index contributed by atoms with van der Waals surface area (Å²) in [5, 5.41) is 5.03. The Morgan fingerprint density at radius 1 is 1.32 bits per heavy atom. The second kappa shape index (κ2) is 4.53. The van der Waals surface area contributed by atoms with Crippen LogP contribution in [0.15, 0.2) is 35.4 Å². The van der Waals surface area contributed by atoms with E-state index in [1.54, 1.807) is 6.20 Å². The van der Waals surface area contributed by atoms with Gasteiger partial charge in [0.05, 0.1) is 23.9 Å². The first-order valence-electron chi connectivity index (χ1n) is 6.61. The van der Waals surface area contributed by atoms with Gasteiger partial charge in [-0.3, -0.25) is 0 Å². The molecule has 3 rings (SSSR count). The van der Waals surface area contributed by atoms with Crippen LogP contribution in [0.25, 0.3) is 16.7 Å². The number of hydrogen-bond acceptors (Lipinski definition) is 3. The first-order valence-corrected chi connectivity index (χ1v) is 6.61. The van der Waals surface area contributed by atoms with Crippen molar-refractivity contribution in [1.29, 1.82) is 0 Å². The average molecular weight is 255 g/mol. The molecule has 4 nitrogen and oxygen atoms in total. The molecule has 0 spiro atoms. The van der Waals surface area contributed by atoms with Crippen LogP contribution in [0.4, 0.5) is 0 Å². The monoisotopic (exact) mass is 255 g/mol. The van der Waals surface area contributed by atoms with Crippen molar-refractivity contribution in [2.24, 2.45) is 0 Å². The van der Waals surface area contributed by atoms with Gasteiger partial charge < -0.3 is 9.09 Å². The lowest BCUT2D eigenvalue weighted by Crippen LogP contribution is -1.94. The van der Waals surface area contributed by atoms with Gasteiger partial charge in [0.1, 0.15) is 0 Å². The number of nitrogens with zero attached hydrogens (tertiary/aromatic N) is 3. The highest BCUT2D eigenvalue weighted by molar-refractivity contribution is 5.87. The summed E-state index contributed by atoms with van der Waals surface area (Å²) in [7, 11) is 0. The number of benzene rings is 1. The maximum Gasteiger partial charge on any atom is 0.191 e. The van der Waals surface area contributed by atoms with Gasteiger partial charge in [-0.15, -0.1) is 0 Å². The molecule has 0 N–H and O–H groups in total. The maximum atomic E-state index is 5.44. The van der Waals surface area contributed by atoms with E-state index in [0.717, 1.165) is 28.8 Å². The third kappa shape index (κ3) is 1.93. The van der Waals surface area contributed by atoms with Crippen LogP contribution >= 0.6 is 0 Å². The summed E-state index contributed by atoms with van der Waals surface area (Å²) in [5.41, 5.74) is 4.15. The fraction of sp³-hybridized carbons (Fsp3) is 0.333. The summed E-state index contributed by atoms with van der Waals surface area (Å²) >= 11 is 0. The SMILES string of the molecule is CCc1cn(-c2ccc(C(C)C)c3cnoc23)cn1. The molecule has 0 amide bonds. The zero-order valence-corrected chi connectivity index (χ0v) is 11.4. The van der Waals surface area contributed by atoms with Gasteiger partial charge in [0.15, 0.2) is 5.58 Å². The molecule has 0 aliphatic heterocycles. The maximum absolute atomic E-state index is 5.44. The zero-order valence-electron chi connectivity index (χ0n) is 11.4. The lowest BCUT2D eigenvalue weighted by Gasteiger charge is -2.09. The van der Waals surface area contributed by atoms with E-state index in [4.69, 9.17) is 4.52 Å². The summed E-state index contributed by atoms with van der Waals surface area (Å²) in [4.78, 5) is 4.36. The number of fused-ring (bicyclic) bond motifs is 1. The minimum atomic E-state index is 0.449. The van der Waals surface area contributed by atoms with Gasteiger partial charge >= 0.3 is 0 Å². The lowest BCUT2D eigenvalue weighted by molar-refractivity contribution is 0.455. The number of imidazole rings is 1. The molecule has 4 heteroatoms. The molecule has 0 radical (unpaired) electrons. The highest BCUT2D eigenvalue weighted by Crippen LogP contribution is 2.29. The second-order valence-corrected chi connectivity index (χ2v) is 5.02. The number of rotatable bonds is 3. The fourth-order valence-corrected chi connectivity index (χ4v) is 2.35. The number of aryl methyl sites for hydroxylation is 1. The third-order valence-electron chi connectivity index (χ3n) is 3.43. The zero-order chi connectivity index (χ0) is 13.4. The molecular weight excluding hydrogens is 238 g/mol. The van der Waals surface area contributed by atoms with Crippen molar-refractivity contribution in [2.75, 3.05) is 0 Å². The molecule has 0 fully saturated rings. The van der Waals surface area contributed by atoms with Crippen molar-refractivity contribution in [3.8, 4) is 5.69 Å². The van der Waals surface area contributed by atoms with E-state index in [1.807, 2.05) is 17.1 Å². The summed E-state index contributed by atoms with van der Waals surface area (Å²) in [6, 6.07) is 4.22. The van der Waals surface area contributed by atoms with Crippen molar-refractivity contribution in [3.63, 3.8) is 0 Å². The topological polar surface area (TPSA) is 43.9 Å². The van der Waals surface area contributed by atoms with Gasteiger partial charge in [-0.1, -0.05) is 32.0 Å². The van der Waals surface area contributed by atoms with Crippen LogP contribution in [0.2, 0.25) is 0 Å².